The summed E-state index contributed by atoms with van der Waals surface area (Å²) in [5.74, 6) is 0.119. The highest BCUT2D eigenvalue weighted by Gasteiger charge is 2.35. The Balaban J connectivity index is 1.42. The summed E-state index contributed by atoms with van der Waals surface area (Å²) in [5.41, 5.74) is 1.29. The fourth-order valence-corrected chi connectivity index (χ4v) is 7.15. The number of rotatable bonds is 8. The third kappa shape index (κ3) is 5.45. The van der Waals surface area contributed by atoms with E-state index in [0.29, 0.717) is 40.7 Å². The smallest absolute Gasteiger partial charge is 0.243 e. The van der Waals surface area contributed by atoms with E-state index >= 15 is 0 Å². The Morgan fingerprint density at radius 2 is 1.74 bits per heavy atom. The van der Waals surface area contributed by atoms with Crippen LogP contribution in [-0.4, -0.2) is 55.9 Å². The number of halogens is 1. The number of anilines is 1. The van der Waals surface area contributed by atoms with E-state index in [-0.39, 0.29) is 30.4 Å². The number of fused-ring (bicyclic) bond motifs is 1. The highest BCUT2D eigenvalue weighted by molar-refractivity contribution is 7.89. The minimum Gasteiger partial charge on any atom is -0.495 e. The Hall–Kier alpha value is -3.61. The number of hydrogen-bond donors (Lipinski definition) is 0. The van der Waals surface area contributed by atoms with Crippen molar-refractivity contribution in [2.75, 3.05) is 32.2 Å². The van der Waals surface area contributed by atoms with Crippen molar-refractivity contribution < 1.29 is 27.1 Å². The molecule has 0 saturated carbocycles. The number of carbonyl (C=O) groups is 1. The van der Waals surface area contributed by atoms with Gasteiger partial charge in [-0.3, -0.25) is 14.7 Å². The van der Waals surface area contributed by atoms with E-state index in [0.717, 1.165) is 16.8 Å². The molecule has 39 heavy (non-hydrogen) atoms. The molecule has 1 aliphatic heterocycles. The largest absolute Gasteiger partial charge is 0.495 e. The third-order valence-corrected chi connectivity index (χ3v) is 9.70. The van der Waals surface area contributed by atoms with Gasteiger partial charge in [-0.15, -0.1) is 0 Å². The molecule has 0 spiro atoms. The third-order valence-electron chi connectivity index (χ3n) is 6.70. The summed E-state index contributed by atoms with van der Waals surface area (Å²) >= 11 is 1.33. The maximum absolute atomic E-state index is 13.9. The van der Waals surface area contributed by atoms with Gasteiger partial charge < -0.3 is 9.47 Å². The van der Waals surface area contributed by atoms with Gasteiger partial charge >= 0.3 is 0 Å². The van der Waals surface area contributed by atoms with Crippen LogP contribution in [0.15, 0.2) is 65.7 Å². The number of amides is 1. The summed E-state index contributed by atoms with van der Waals surface area (Å²) < 4.78 is 52.5. The van der Waals surface area contributed by atoms with Crippen LogP contribution in [0.25, 0.3) is 10.2 Å². The first-order valence-corrected chi connectivity index (χ1v) is 14.6. The van der Waals surface area contributed by atoms with E-state index in [1.165, 1.54) is 27.8 Å². The van der Waals surface area contributed by atoms with Gasteiger partial charge in [0.1, 0.15) is 27.5 Å². The molecule has 2 aromatic carbocycles. The number of pyridine rings is 1. The Kier molecular flexibility index (Phi) is 7.78. The predicted octanol–water partition coefficient (Wildman–Crippen LogP) is 4.48. The number of aromatic nitrogens is 2. The van der Waals surface area contributed by atoms with Gasteiger partial charge in [0.15, 0.2) is 5.13 Å². The van der Waals surface area contributed by atoms with Gasteiger partial charge in [0.25, 0.3) is 0 Å². The summed E-state index contributed by atoms with van der Waals surface area (Å²) in [7, 11) is -0.653. The molecule has 1 saturated heterocycles. The lowest BCUT2D eigenvalue weighted by Gasteiger charge is -2.33. The summed E-state index contributed by atoms with van der Waals surface area (Å²) in [4.78, 5) is 24.7. The average Bonchev–Trinajstić information content (AvgIpc) is 3.41. The van der Waals surface area contributed by atoms with E-state index in [4.69, 9.17) is 14.5 Å². The van der Waals surface area contributed by atoms with Crippen molar-refractivity contribution in [2.45, 2.75) is 24.3 Å². The number of benzene rings is 2. The molecule has 0 aliphatic carbocycles. The Labute approximate surface area is 229 Å². The zero-order valence-electron chi connectivity index (χ0n) is 21.4. The maximum atomic E-state index is 13.9. The first-order valence-electron chi connectivity index (χ1n) is 12.3. The molecule has 3 heterocycles. The molecule has 0 N–H and O–H groups in total. The molecule has 1 amide bonds. The number of thiazole rings is 1. The van der Waals surface area contributed by atoms with E-state index in [9.17, 15) is 17.6 Å². The van der Waals surface area contributed by atoms with E-state index < -0.39 is 21.8 Å². The number of ether oxygens (including phenoxy) is 2. The monoisotopic (exact) mass is 570 g/mol. The van der Waals surface area contributed by atoms with Gasteiger partial charge in [-0.2, -0.15) is 4.31 Å². The lowest BCUT2D eigenvalue weighted by Crippen LogP contribution is -2.44. The summed E-state index contributed by atoms with van der Waals surface area (Å²) in [6.07, 6.45) is 2.35. The molecule has 0 unspecified atom stereocenters. The van der Waals surface area contributed by atoms with Crippen molar-refractivity contribution in [3.05, 3.63) is 72.3 Å². The summed E-state index contributed by atoms with van der Waals surface area (Å²) in [5, 5.41) is 0.477. The molecule has 1 fully saturated rings. The van der Waals surface area contributed by atoms with Crippen LogP contribution in [0.2, 0.25) is 0 Å². The number of sulfonamides is 1. The van der Waals surface area contributed by atoms with Crippen LogP contribution >= 0.6 is 11.3 Å². The van der Waals surface area contributed by atoms with Gasteiger partial charge in [0.2, 0.25) is 15.9 Å². The number of methoxy groups -OCH3 is 2. The van der Waals surface area contributed by atoms with Gasteiger partial charge in [-0.25, -0.2) is 17.8 Å². The highest BCUT2D eigenvalue weighted by Crippen LogP contribution is 2.41. The minimum absolute atomic E-state index is 0.0304. The highest BCUT2D eigenvalue weighted by atomic mass is 32.2. The summed E-state index contributed by atoms with van der Waals surface area (Å²) in [6, 6.07) is 13.8. The van der Waals surface area contributed by atoms with Gasteiger partial charge in [0.05, 0.1) is 31.4 Å². The molecule has 12 heteroatoms. The Morgan fingerprint density at radius 1 is 1.05 bits per heavy atom. The van der Waals surface area contributed by atoms with Crippen LogP contribution in [0.1, 0.15) is 18.5 Å². The second-order valence-electron chi connectivity index (χ2n) is 9.02. The second kappa shape index (κ2) is 11.2. The van der Waals surface area contributed by atoms with Crippen LogP contribution in [0.5, 0.6) is 11.5 Å². The van der Waals surface area contributed by atoms with Crippen molar-refractivity contribution in [3.8, 4) is 11.5 Å². The van der Waals surface area contributed by atoms with Crippen molar-refractivity contribution >= 4 is 42.6 Å². The number of hydrogen-bond acceptors (Lipinski definition) is 8. The first-order chi connectivity index (χ1) is 18.8. The van der Waals surface area contributed by atoms with Gasteiger partial charge in [0, 0.05) is 25.2 Å². The lowest BCUT2D eigenvalue weighted by atomic mass is 9.96. The quantitative estimate of drug-likeness (QED) is 0.308. The topological polar surface area (TPSA) is 102 Å². The SMILES string of the molecule is COc1ccc(OC)c2sc(N(Cc3ccccn3)C(=O)C3CCN(S(=O)(=O)c4ccc(F)cc4)CC3)nc12. The van der Waals surface area contributed by atoms with Crippen LogP contribution in [0.3, 0.4) is 0 Å². The molecule has 1 aliphatic rings. The van der Waals surface area contributed by atoms with Crippen LogP contribution in [0, 0.1) is 11.7 Å². The Morgan fingerprint density at radius 3 is 2.38 bits per heavy atom. The fraction of sp³-hybridized carbons (Fsp3) is 0.296. The maximum Gasteiger partial charge on any atom is 0.243 e. The standard InChI is InChI=1S/C27H27FN4O5S2/c1-36-22-10-11-23(37-2)25-24(22)30-27(38-25)32(17-20-5-3-4-14-29-20)26(33)18-12-15-31(16-13-18)39(34,35)21-8-6-19(28)7-9-21/h3-11,14,18H,12-13,15-17H2,1-2H3. The van der Waals surface area contributed by atoms with Crippen molar-refractivity contribution in [2.24, 2.45) is 5.92 Å². The number of nitrogens with zero attached hydrogens (tertiary/aromatic N) is 4. The van der Waals surface area contributed by atoms with Crippen molar-refractivity contribution in [3.63, 3.8) is 0 Å². The normalized spacial score (nSPS) is 14.8. The molecule has 204 valence electrons. The van der Waals surface area contributed by atoms with Crippen molar-refractivity contribution in [1.82, 2.24) is 14.3 Å². The molecule has 0 atom stereocenters. The number of carbonyl (C=O) groups excluding carboxylic acids is 1. The Bertz CT molecular complexity index is 1530. The minimum atomic E-state index is -3.79. The molecule has 9 nitrogen and oxygen atoms in total. The van der Waals surface area contributed by atoms with Crippen molar-refractivity contribution in [1.29, 1.82) is 0 Å². The molecule has 5 rings (SSSR count). The molecular formula is C27H27FN4O5S2. The molecule has 0 radical (unpaired) electrons. The zero-order valence-corrected chi connectivity index (χ0v) is 23.0. The molecule has 4 aromatic rings. The van der Waals surface area contributed by atoms with Gasteiger partial charge in [-0.1, -0.05) is 17.4 Å². The fourth-order valence-electron chi connectivity index (χ4n) is 4.60. The summed E-state index contributed by atoms with van der Waals surface area (Å²) in [6.45, 7) is 0.558. The molecular weight excluding hydrogens is 543 g/mol. The second-order valence-corrected chi connectivity index (χ2v) is 11.9. The lowest BCUT2D eigenvalue weighted by molar-refractivity contribution is -0.123. The molecule has 2 aromatic heterocycles. The van der Waals surface area contributed by atoms with Crippen LogP contribution in [-0.2, 0) is 21.4 Å². The van der Waals surface area contributed by atoms with Crippen LogP contribution < -0.4 is 14.4 Å². The first kappa shape index (κ1) is 27.0. The zero-order chi connectivity index (χ0) is 27.6. The average molecular weight is 571 g/mol. The van der Waals surface area contributed by atoms with E-state index in [2.05, 4.69) is 4.98 Å². The number of piperidine rings is 1. The van der Waals surface area contributed by atoms with E-state index in [1.807, 2.05) is 12.1 Å². The van der Waals surface area contributed by atoms with Gasteiger partial charge in [-0.05, 0) is 61.4 Å². The van der Waals surface area contributed by atoms with Crippen LogP contribution in [0.4, 0.5) is 9.52 Å². The van der Waals surface area contributed by atoms with E-state index in [1.54, 1.807) is 43.5 Å². The molecule has 0 bridgehead atoms. The predicted molar refractivity (Wildman–Crippen MR) is 146 cm³/mol.